The van der Waals surface area contributed by atoms with Gasteiger partial charge in [0.1, 0.15) is 11.5 Å². The molecule has 0 N–H and O–H groups in total. The Labute approximate surface area is 191 Å². The van der Waals surface area contributed by atoms with Crippen LogP contribution in [0.15, 0.2) is 80.9 Å². The van der Waals surface area contributed by atoms with Gasteiger partial charge in [0.25, 0.3) is 11.4 Å². The van der Waals surface area contributed by atoms with Crippen LogP contribution in [-0.2, 0) is 6.54 Å². The number of nitriles is 2. The van der Waals surface area contributed by atoms with E-state index < -0.39 is 0 Å². The van der Waals surface area contributed by atoms with E-state index in [-0.39, 0.29) is 11.4 Å². The van der Waals surface area contributed by atoms with Gasteiger partial charge in [-0.1, -0.05) is 12.2 Å². The van der Waals surface area contributed by atoms with E-state index in [9.17, 15) is 0 Å². The first-order valence-corrected chi connectivity index (χ1v) is 9.85. The van der Waals surface area contributed by atoms with Gasteiger partial charge in [0.15, 0.2) is 11.5 Å². The molecule has 0 saturated carbocycles. The molecule has 3 rings (SSSR count). The van der Waals surface area contributed by atoms with Crippen LogP contribution in [0, 0.1) is 35.8 Å². The topological polar surface area (TPSA) is 87.5 Å². The average Bonchev–Trinajstić information content (AvgIpc) is 3.58. The zero-order valence-electron chi connectivity index (χ0n) is 17.7. The van der Waals surface area contributed by atoms with Gasteiger partial charge in [-0.05, 0) is 67.6 Å². The lowest BCUT2D eigenvalue weighted by Crippen LogP contribution is -1.98. The summed E-state index contributed by atoms with van der Waals surface area (Å²) >= 11 is 0. The fourth-order valence-corrected chi connectivity index (χ4v) is 3.07. The molecule has 0 atom stereocenters. The van der Waals surface area contributed by atoms with Gasteiger partial charge in [-0.15, -0.1) is 0 Å². The molecular formula is C26H17N5O2. The van der Waals surface area contributed by atoms with Crippen molar-refractivity contribution in [2.45, 2.75) is 13.5 Å². The van der Waals surface area contributed by atoms with Gasteiger partial charge in [0.05, 0.1) is 36.7 Å². The summed E-state index contributed by atoms with van der Waals surface area (Å²) in [5.74, 6) is 2.56. The summed E-state index contributed by atoms with van der Waals surface area (Å²) in [6, 6.07) is 14.9. The van der Waals surface area contributed by atoms with Crippen LogP contribution in [0.2, 0.25) is 0 Å². The molecule has 0 radical (unpaired) electrons. The lowest BCUT2D eigenvalue weighted by molar-refractivity contribution is 0.556. The molecule has 3 aromatic rings. The summed E-state index contributed by atoms with van der Waals surface area (Å²) < 4.78 is 13.9. The molecule has 0 aliphatic carbocycles. The minimum Gasteiger partial charge on any atom is -0.455 e. The lowest BCUT2D eigenvalue weighted by Gasteiger charge is -2.08. The van der Waals surface area contributed by atoms with Crippen LogP contribution in [0.1, 0.15) is 18.4 Å². The minimum atomic E-state index is 0.00288. The molecule has 0 aromatic carbocycles. The largest absolute Gasteiger partial charge is 0.455 e. The summed E-state index contributed by atoms with van der Waals surface area (Å²) in [6.07, 6.45) is 9.46. The maximum atomic E-state index is 8.79. The van der Waals surface area contributed by atoms with Gasteiger partial charge < -0.3 is 13.4 Å². The smallest absolute Gasteiger partial charge is 0.261 e. The Hall–Kier alpha value is -5.24. The van der Waals surface area contributed by atoms with Crippen molar-refractivity contribution in [1.29, 1.82) is 10.5 Å². The van der Waals surface area contributed by atoms with E-state index in [4.69, 9.17) is 32.5 Å². The normalized spacial score (nSPS) is 11.9. The number of furan rings is 2. The highest BCUT2D eigenvalue weighted by Crippen LogP contribution is 2.31. The van der Waals surface area contributed by atoms with Gasteiger partial charge in [0, 0.05) is 6.54 Å². The zero-order valence-corrected chi connectivity index (χ0v) is 17.7. The summed E-state index contributed by atoms with van der Waals surface area (Å²) in [6.45, 7) is 16.5. The molecule has 3 aromatic heterocycles. The highest BCUT2D eigenvalue weighted by Gasteiger charge is 2.15. The van der Waals surface area contributed by atoms with Crippen molar-refractivity contribution < 1.29 is 8.83 Å². The van der Waals surface area contributed by atoms with E-state index in [2.05, 4.69) is 14.3 Å². The number of allylic oxidation sites excluding steroid dienone is 6. The molecule has 33 heavy (non-hydrogen) atoms. The molecule has 158 valence electrons. The number of aromatic nitrogens is 1. The summed E-state index contributed by atoms with van der Waals surface area (Å²) in [5.41, 5.74) is 1.77. The zero-order chi connectivity index (χ0) is 23.6. The van der Waals surface area contributed by atoms with Crippen LogP contribution in [0.5, 0.6) is 0 Å². The average molecular weight is 431 g/mol. The Kier molecular flexibility index (Phi) is 7.27. The Morgan fingerprint density at radius 2 is 1.30 bits per heavy atom. The molecule has 0 amide bonds. The second kappa shape index (κ2) is 10.7. The van der Waals surface area contributed by atoms with E-state index >= 15 is 0 Å². The monoisotopic (exact) mass is 431 g/mol. The summed E-state index contributed by atoms with van der Waals surface area (Å²) in [7, 11) is 0. The third-order valence-corrected chi connectivity index (χ3v) is 4.55. The number of hydrogen-bond donors (Lipinski definition) is 0. The quantitative estimate of drug-likeness (QED) is 0.236. The van der Waals surface area contributed by atoms with Crippen LogP contribution in [0.25, 0.3) is 44.8 Å². The second-order valence-corrected chi connectivity index (χ2v) is 6.52. The molecule has 0 bridgehead atoms. The minimum absolute atomic E-state index is 0.00288. The second-order valence-electron chi connectivity index (χ2n) is 6.52. The maximum Gasteiger partial charge on any atom is 0.261 e. The Bertz CT molecular complexity index is 1300. The van der Waals surface area contributed by atoms with Crippen molar-refractivity contribution in [3.8, 4) is 35.0 Å². The van der Waals surface area contributed by atoms with Crippen molar-refractivity contribution in [1.82, 2.24) is 4.57 Å². The van der Waals surface area contributed by atoms with Crippen molar-refractivity contribution in [3.63, 3.8) is 0 Å². The SMILES string of the molecule is [C-]#[N+]/C(C#N)=C\C=C\c1ccc(-c2ccc(-c3ccc(/C=C/C=C(\C#N)[N+]#[C-])o3)n2CC)o1. The highest BCUT2D eigenvalue weighted by molar-refractivity contribution is 5.66. The van der Waals surface area contributed by atoms with Crippen LogP contribution in [0.4, 0.5) is 0 Å². The number of hydrogen-bond acceptors (Lipinski definition) is 4. The van der Waals surface area contributed by atoms with Crippen LogP contribution < -0.4 is 0 Å². The van der Waals surface area contributed by atoms with E-state index in [1.54, 1.807) is 36.4 Å². The highest BCUT2D eigenvalue weighted by atomic mass is 16.3. The van der Waals surface area contributed by atoms with E-state index in [0.717, 1.165) is 11.4 Å². The molecule has 0 saturated heterocycles. The first-order valence-electron chi connectivity index (χ1n) is 9.85. The van der Waals surface area contributed by atoms with Crippen LogP contribution in [-0.4, -0.2) is 4.57 Å². The third kappa shape index (κ3) is 5.28. The standard InChI is InChI=1S/C26H17N5O2/c1-4-31-23(25-15-11-21(32-25)9-5-7-19(17-27)29-2)13-14-24(31)26-16-12-22(33-26)10-6-8-20(18-28)30-3/h5-16H,4H2,1H3/b9-5+,10-6+,19-7-,20-8+. The predicted molar refractivity (Wildman–Crippen MR) is 124 cm³/mol. The number of nitrogens with zero attached hydrogens (tertiary/aromatic N) is 5. The van der Waals surface area contributed by atoms with Gasteiger partial charge >= 0.3 is 0 Å². The first kappa shape index (κ1) is 22.4. The van der Waals surface area contributed by atoms with Gasteiger partial charge in [-0.2, -0.15) is 0 Å². The van der Waals surface area contributed by atoms with Crippen molar-refractivity contribution in [3.05, 3.63) is 106 Å². The molecule has 0 aliphatic rings. The van der Waals surface area contributed by atoms with E-state index in [1.165, 1.54) is 12.2 Å². The Balaban J connectivity index is 1.84. The Morgan fingerprint density at radius 3 is 1.67 bits per heavy atom. The van der Waals surface area contributed by atoms with Crippen molar-refractivity contribution in [2.24, 2.45) is 0 Å². The van der Waals surface area contributed by atoms with E-state index in [1.807, 2.05) is 43.3 Å². The number of rotatable bonds is 7. The molecule has 0 aliphatic heterocycles. The molecule has 0 fully saturated rings. The summed E-state index contributed by atoms with van der Waals surface area (Å²) in [4.78, 5) is 6.21. The fraction of sp³-hybridized carbons (Fsp3) is 0.0769. The van der Waals surface area contributed by atoms with Gasteiger partial charge in [0.2, 0.25) is 0 Å². The van der Waals surface area contributed by atoms with E-state index in [0.29, 0.717) is 29.6 Å². The molecule has 0 spiro atoms. The molecule has 7 nitrogen and oxygen atoms in total. The van der Waals surface area contributed by atoms with Crippen molar-refractivity contribution >= 4 is 12.2 Å². The van der Waals surface area contributed by atoms with Crippen molar-refractivity contribution in [2.75, 3.05) is 0 Å². The maximum absolute atomic E-state index is 8.79. The van der Waals surface area contributed by atoms with Crippen LogP contribution in [0.3, 0.4) is 0 Å². The first-order chi connectivity index (χ1) is 16.1. The molecular weight excluding hydrogens is 414 g/mol. The predicted octanol–water partition coefficient (Wildman–Crippen LogP) is 6.71. The van der Waals surface area contributed by atoms with Gasteiger partial charge in [-0.25, -0.2) is 20.2 Å². The summed E-state index contributed by atoms with van der Waals surface area (Å²) in [5, 5.41) is 17.6. The molecule has 0 unspecified atom stereocenters. The van der Waals surface area contributed by atoms with Gasteiger partial charge in [-0.3, -0.25) is 0 Å². The third-order valence-electron chi connectivity index (χ3n) is 4.55. The fourth-order valence-electron chi connectivity index (χ4n) is 3.07. The Morgan fingerprint density at radius 1 is 0.848 bits per heavy atom. The lowest BCUT2D eigenvalue weighted by atomic mass is 10.3. The molecule has 3 heterocycles. The molecule has 7 heteroatoms. The van der Waals surface area contributed by atoms with Crippen LogP contribution >= 0.6 is 0 Å².